The minimum atomic E-state index is 0.0938. The van der Waals surface area contributed by atoms with E-state index >= 15 is 0 Å². The van der Waals surface area contributed by atoms with E-state index in [0.29, 0.717) is 0 Å². The van der Waals surface area contributed by atoms with Crippen LogP contribution in [0.25, 0.3) is 77.2 Å². The van der Waals surface area contributed by atoms with Gasteiger partial charge in [-0.1, -0.05) is 131 Å². The maximum atomic E-state index is 2.54. The van der Waals surface area contributed by atoms with Gasteiger partial charge < -0.3 is 9.13 Å². The summed E-state index contributed by atoms with van der Waals surface area (Å²) in [7, 11) is 0. The van der Waals surface area contributed by atoms with Gasteiger partial charge >= 0.3 is 0 Å². The van der Waals surface area contributed by atoms with Crippen molar-refractivity contribution in [2.45, 2.75) is 51.4 Å². The summed E-state index contributed by atoms with van der Waals surface area (Å²) in [4.78, 5) is 0. The second-order valence-electron chi connectivity index (χ2n) is 16.1. The molecular formula is C50H42N2. The Kier molecular flexibility index (Phi) is 6.73. The summed E-state index contributed by atoms with van der Waals surface area (Å²) in [5, 5.41) is 5.11. The number of hydrogen-bond acceptors (Lipinski definition) is 0. The molecule has 2 aromatic heterocycles. The highest BCUT2D eigenvalue weighted by atomic mass is 15.0. The number of rotatable bonds is 4. The van der Waals surface area contributed by atoms with E-state index in [-0.39, 0.29) is 10.8 Å². The zero-order valence-electron chi connectivity index (χ0n) is 30.3. The zero-order chi connectivity index (χ0) is 35.2. The highest BCUT2D eigenvalue weighted by Crippen LogP contribution is 2.49. The van der Waals surface area contributed by atoms with Crippen molar-refractivity contribution in [1.29, 1.82) is 0 Å². The molecule has 0 saturated heterocycles. The molecule has 252 valence electrons. The Morgan fingerprint density at radius 1 is 0.385 bits per heavy atom. The summed E-state index contributed by atoms with van der Waals surface area (Å²) in [5.74, 6) is 0. The predicted octanol–water partition coefficient (Wildman–Crippen LogP) is 13.6. The first kappa shape index (κ1) is 30.9. The van der Waals surface area contributed by atoms with Crippen molar-refractivity contribution in [2.75, 3.05) is 0 Å². The van der Waals surface area contributed by atoms with Crippen LogP contribution in [0.1, 0.15) is 51.7 Å². The van der Waals surface area contributed by atoms with Crippen molar-refractivity contribution >= 4 is 43.6 Å². The first-order valence-electron chi connectivity index (χ1n) is 18.7. The summed E-state index contributed by atoms with van der Waals surface area (Å²) in [5.41, 5.74) is 15.6. The summed E-state index contributed by atoms with van der Waals surface area (Å²) in [6.07, 6.45) is 2.39. The molecule has 0 atom stereocenters. The molecule has 0 spiro atoms. The number of hydrogen-bond donors (Lipinski definition) is 0. The van der Waals surface area contributed by atoms with Crippen LogP contribution in [0, 0.1) is 0 Å². The smallest absolute Gasteiger partial charge is 0.0541 e. The number of aromatic nitrogens is 2. The quantitative estimate of drug-likeness (QED) is 0.176. The Hall–Kier alpha value is -5.86. The molecule has 2 nitrogen and oxygen atoms in total. The Morgan fingerprint density at radius 3 is 1.60 bits per heavy atom. The topological polar surface area (TPSA) is 9.86 Å². The standard InChI is InChI=1S/C50H42N2/c1-49(2)28-29-50(3,4)48-42(49)20-13-23-47(48)52-44-22-11-9-19-39(44)41-32-36(25-27-46(41)52)35-24-26-45-40(31-35)38-18-8-10-21-43(38)51(45)37-17-12-16-34(30-37)33-14-6-5-7-15-33/h5-27,30-32H,28-29H2,1-4H3. The molecule has 0 bridgehead atoms. The van der Waals surface area contributed by atoms with Crippen LogP contribution >= 0.6 is 0 Å². The molecule has 10 rings (SSSR count). The Bertz CT molecular complexity index is 2840. The molecule has 0 amide bonds. The van der Waals surface area contributed by atoms with Gasteiger partial charge in [-0.05, 0) is 112 Å². The summed E-state index contributed by atoms with van der Waals surface area (Å²) < 4.78 is 4.96. The molecule has 7 aromatic carbocycles. The minimum Gasteiger partial charge on any atom is -0.309 e. The molecule has 0 aliphatic heterocycles. The van der Waals surface area contributed by atoms with Crippen LogP contribution < -0.4 is 0 Å². The highest BCUT2D eigenvalue weighted by Gasteiger charge is 2.39. The second-order valence-corrected chi connectivity index (χ2v) is 16.1. The number of fused-ring (bicyclic) bond motifs is 7. The van der Waals surface area contributed by atoms with Crippen molar-refractivity contribution in [3.63, 3.8) is 0 Å². The fraction of sp³-hybridized carbons (Fsp3) is 0.160. The van der Waals surface area contributed by atoms with E-state index in [1.54, 1.807) is 0 Å². The van der Waals surface area contributed by atoms with E-state index in [2.05, 4.69) is 195 Å². The average Bonchev–Trinajstić information content (AvgIpc) is 3.69. The molecule has 9 aromatic rings. The molecule has 0 unspecified atom stereocenters. The molecule has 1 aliphatic rings. The lowest BCUT2D eigenvalue weighted by molar-refractivity contribution is 0.331. The lowest BCUT2D eigenvalue weighted by Crippen LogP contribution is -2.35. The maximum Gasteiger partial charge on any atom is 0.0541 e. The lowest BCUT2D eigenvalue weighted by atomic mass is 9.62. The first-order valence-corrected chi connectivity index (χ1v) is 18.7. The van der Waals surface area contributed by atoms with E-state index in [1.165, 1.54) is 101 Å². The van der Waals surface area contributed by atoms with E-state index in [1.807, 2.05) is 0 Å². The molecule has 2 heteroatoms. The van der Waals surface area contributed by atoms with Crippen LogP contribution in [-0.4, -0.2) is 9.13 Å². The lowest BCUT2D eigenvalue weighted by Gasteiger charge is -2.43. The maximum absolute atomic E-state index is 2.54. The van der Waals surface area contributed by atoms with Crippen LogP contribution in [0.2, 0.25) is 0 Å². The molecular weight excluding hydrogens is 629 g/mol. The van der Waals surface area contributed by atoms with Gasteiger partial charge in [-0.2, -0.15) is 0 Å². The fourth-order valence-corrected chi connectivity index (χ4v) is 9.18. The number of benzene rings is 7. The van der Waals surface area contributed by atoms with Crippen LogP contribution in [0.3, 0.4) is 0 Å². The normalized spacial score (nSPS) is 15.1. The fourth-order valence-electron chi connectivity index (χ4n) is 9.18. The molecule has 0 fully saturated rings. The summed E-state index contributed by atoms with van der Waals surface area (Å²) in [6.45, 7) is 9.70. The van der Waals surface area contributed by atoms with Gasteiger partial charge in [0.05, 0.1) is 27.8 Å². The van der Waals surface area contributed by atoms with E-state index in [4.69, 9.17) is 0 Å². The monoisotopic (exact) mass is 670 g/mol. The van der Waals surface area contributed by atoms with Gasteiger partial charge in [0.15, 0.2) is 0 Å². The van der Waals surface area contributed by atoms with Crippen LogP contribution in [-0.2, 0) is 10.8 Å². The molecule has 52 heavy (non-hydrogen) atoms. The van der Waals surface area contributed by atoms with Crippen molar-refractivity contribution in [1.82, 2.24) is 9.13 Å². The third-order valence-corrected chi connectivity index (χ3v) is 12.0. The van der Waals surface area contributed by atoms with Gasteiger partial charge in [0.25, 0.3) is 0 Å². The van der Waals surface area contributed by atoms with Crippen molar-refractivity contribution in [3.05, 3.63) is 169 Å². The summed E-state index contributed by atoms with van der Waals surface area (Å²) in [6, 6.07) is 58.4. The molecule has 0 saturated carbocycles. The number of para-hydroxylation sites is 2. The van der Waals surface area contributed by atoms with Gasteiger partial charge in [-0.3, -0.25) is 0 Å². The Morgan fingerprint density at radius 2 is 0.904 bits per heavy atom. The molecule has 1 aliphatic carbocycles. The average molecular weight is 671 g/mol. The van der Waals surface area contributed by atoms with Crippen LogP contribution in [0.15, 0.2) is 158 Å². The van der Waals surface area contributed by atoms with E-state index < -0.39 is 0 Å². The SMILES string of the molecule is CC1(C)CCC(C)(C)c2c(-n3c4ccccc4c4cc(-c5ccc6c(c5)c5ccccc5n6-c5cccc(-c6ccccc6)c5)ccc43)cccc21. The highest BCUT2D eigenvalue weighted by molar-refractivity contribution is 6.12. The third kappa shape index (κ3) is 4.63. The van der Waals surface area contributed by atoms with Crippen molar-refractivity contribution in [2.24, 2.45) is 0 Å². The second kappa shape index (κ2) is 11.3. The third-order valence-electron chi connectivity index (χ3n) is 12.0. The summed E-state index contributed by atoms with van der Waals surface area (Å²) >= 11 is 0. The van der Waals surface area contributed by atoms with Crippen LogP contribution in [0.4, 0.5) is 0 Å². The van der Waals surface area contributed by atoms with Gasteiger partial charge in [0.2, 0.25) is 0 Å². The van der Waals surface area contributed by atoms with Gasteiger partial charge in [-0.15, -0.1) is 0 Å². The van der Waals surface area contributed by atoms with Crippen LogP contribution in [0.5, 0.6) is 0 Å². The minimum absolute atomic E-state index is 0.0938. The van der Waals surface area contributed by atoms with Crippen molar-refractivity contribution in [3.8, 4) is 33.6 Å². The first-order chi connectivity index (χ1) is 25.3. The molecule has 0 N–H and O–H groups in total. The van der Waals surface area contributed by atoms with Gasteiger partial charge in [0.1, 0.15) is 0 Å². The van der Waals surface area contributed by atoms with E-state index in [0.717, 1.165) is 0 Å². The number of nitrogens with zero attached hydrogens (tertiary/aromatic N) is 2. The van der Waals surface area contributed by atoms with Crippen molar-refractivity contribution < 1.29 is 0 Å². The Labute approximate surface area is 305 Å². The Balaban J connectivity index is 1.15. The van der Waals surface area contributed by atoms with Gasteiger partial charge in [0, 0.05) is 27.2 Å². The predicted molar refractivity (Wildman–Crippen MR) is 221 cm³/mol. The molecule has 0 radical (unpaired) electrons. The largest absolute Gasteiger partial charge is 0.309 e. The van der Waals surface area contributed by atoms with E-state index in [9.17, 15) is 0 Å². The van der Waals surface area contributed by atoms with Gasteiger partial charge in [-0.25, -0.2) is 0 Å². The zero-order valence-corrected chi connectivity index (χ0v) is 30.3. The molecule has 2 heterocycles.